The maximum absolute atomic E-state index is 12.7. The third-order valence-electron chi connectivity index (χ3n) is 6.88. The first-order valence-corrected chi connectivity index (χ1v) is 13.5. The fourth-order valence-corrected chi connectivity index (χ4v) is 4.45. The zero-order chi connectivity index (χ0) is 29.6. The Morgan fingerprint density at radius 1 is 0.714 bits per heavy atom. The Morgan fingerprint density at radius 2 is 1.24 bits per heavy atom. The van der Waals surface area contributed by atoms with Gasteiger partial charge in [-0.1, -0.05) is 35.4 Å². The van der Waals surface area contributed by atoms with Crippen LogP contribution in [0.15, 0.2) is 97.1 Å². The number of Topliss-reactive ketones (excluding diaryl/α,β-unsaturated/α-hetero) is 1. The number of ether oxygens (including phenoxy) is 3. The highest BCUT2D eigenvalue weighted by Crippen LogP contribution is 2.29. The van der Waals surface area contributed by atoms with Crippen LogP contribution in [-0.2, 0) is 14.3 Å². The lowest BCUT2D eigenvalue weighted by Gasteiger charge is -2.17. The summed E-state index contributed by atoms with van der Waals surface area (Å²) in [5.41, 5.74) is 3.53. The Hall–Kier alpha value is -5.24. The highest BCUT2D eigenvalue weighted by atomic mass is 16.5. The van der Waals surface area contributed by atoms with E-state index in [1.165, 1.54) is 29.2 Å². The summed E-state index contributed by atoms with van der Waals surface area (Å²) in [6, 6.07) is 27.8. The first kappa shape index (κ1) is 28.3. The molecule has 5 rings (SSSR count). The largest absolute Gasteiger partial charge is 0.457 e. The van der Waals surface area contributed by atoms with Gasteiger partial charge in [0.2, 0.25) is 5.91 Å². The molecule has 0 saturated carbocycles. The first-order chi connectivity index (χ1) is 20.2. The van der Waals surface area contributed by atoms with Gasteiger partial charge in [-0.05, 0) is 86.6 Å². The van der Waals surface area contributed by atoms with Crippen molar-refractivity contribution in [2.45, 2.75) is 20.3 Å². The monoisotopic (exact) mass is 563 g/mol. The van der Waals surface area contributed by atoms with Crippen molar-refractivity contribution in [3.05, 3.63) is 119 Å². The minimum absolute atomic E-state index is 0.00428. The van der Waals surface area contributed by atoms with E-state index in [-0.39, 0.29) is 24.6 Å². The van der Waals surface area contributed by atoms with E-state index in [2.05, 4.69) is 0 Å². The molecule has 0 unspecified atom stereocenters. The molecule has 0 N–H and O–H groups in total. The van der Waals surface area contributed by atoms with Crippen LogP contribution in [0.3, 0.4) is 0 Å². The molecule has 212 valence electrons. The molecule has 8 heteroatoms. The van der Waals surface area contributed by atoms with Crippen LogP contribution < -0.4 is 14.4 Å². The van der Waals surface area contributed by atoms with E-state index in [4.69, 9.17) is 14.2 Å². The van der Waals surface area contributed by atoms with Gasteiger partial charge in [-0.2, -0.15) is 0 Å². The summed E-state index contributed by atoms with van der Waals surface area (Å²) < 4.78 is 16.5. The van der Waals surface area contributed by atoms with Gasteiger partial charge in [-0.25, -0.2) is 4.79 Å². The van der Waals surface area contributed by atoms with Crippen LogP contribution in [0, 0.1) is 19.8 Å². The third-order valence-corrected chi connectivity index (χ3v) is 6.88. The summed E-state index contributed by atoms with van der Waals surface area (Å²) in [4.78, 5) is 51.8. The maximum Gasteiger partial charge on any atom is 0.343 e. The van der Waals surface area contributed by atoms with Gasteiger partial charge in [0.25, 0.3) is 0 Å². The second-order valence-electron chi connectivity index (χ2n) is 10.1. The zero-order valence-corrected chi connectivity index (χ0v) is 23.2. The maximum atomic E-state index is 12.7. The molecule has 4 aromatic rings. The highest BCUT2D eigenvalue weighted by Gasteiger charge is 2.36. The number of hydrogen-bond donors (Lipinski definition) is 0. The van der Waals surface area contributed by atoms with E-state index in [1.54, 1.807) is 36.4 Å². The lowest BCUT2D eigenvalue weighted by molar-refractivity contribution is -0.147. The lowest BCUT2D eigenvalue weighted by Crippen LogP contribution is -2.27. The number of aryl methyl sites for hydroxylation is 2. The van der Waals surface area contributed by atoms with Crippen molar-refractivity contribution in [3.8, 4) is 17.2 Å². The molecule has 1 aliphatic rings. The molecule has 8 nitrogen and oxygen atoms in total. The number of anilines is 1. The molecule has 42 heavy (non-hydrogen) atoms. The highest BCUT2D eigenvalue weighted by molar-refractivity contribution is 6.01. The van der Waals surface area contributed by atoms with Crippen LogP contribution in [0.2, 0.25) is 0 Å². The number of carbonyl (C=O) groups is 4. The average molecular weight is 564 g/mol. The molecule has 0 aliphatic carbocycles. The van der Waals surface area contributed by atoms with Crippen LogP contribution >= 0.6 is 0 Å². The van der Waals surface area contributed by atoms with Gasteiger partial charge >= 0.3 is 11.9 Å². The summed E-state index contributed by atoms with van der Waals surface area (Å²) in [7, 11) is 0. The standard InChI is InChI=1S/C34H29NO7/c1-22-3-7-25(8-4-22)34(39)42-30-15-9-24(10-16-30)31(36)21-40-33(38)26-19-32(37)35(20-26)27-11-17-29(18-12-27)41-28-13-5-23(2)6-14-28/h3-18,26H,19-21H2,1-2H3/t26-/m0/s1. The molecule has 1 heterocycles. The molecular weight excluding hydrogens is 534 g/mol. The molecule has 1 aliphatic heterocycles. The normalized spacial score (nSPS) is 14.4. The van der Waals surface area contributed by atoms with E-state index >= 15 is 0 Å². The fraction of sp³-hybridized carbons (Fsp3) is 0.176. The fourth-order valence-electron chi connectivity index (χ4n) is 4.45. The summed E-state index contributed by atoms with van der Waals surface area (Å²) in [5, 5.41) is 0. The number of amides is 1. The van der Waals surface area contributed by atoms with E-state index in [9.17, 15) is 19.2 Å². The van der Waals surface area contributed by atoms with Crippen LogP contribution in [-0.4, -0.2) is 36.8 Å². The number of nitrogens with zero attached hydrogens (tertiary/aromatic N) is 1. The molecule has 1 fully saturated rings. The van der Waals surface area contributed by atoms with E-state index < -0.39 is 30.2 Å². The molecule has 0 aromatic heterocycles. The van der Waals surface area contributed by atoms with Gasteiger partial charge in [0, 0.05) is 24.2 Å². The lowest BCUT2D eigenvalue weighted by atomic mass is 10.1. The van der Waals surface area contributed by atoms with Crippen molar-refractivity contribution < 1.29 is 33.4 Å². The Kier molecular flexibility index (Phi) is 8.43. The van der Waals surface area contributed by atoms with Crippen LogP contribution in [0.5, 0.6) is 17.2 Å². The molecular formula is C34H29NO7. The van der Waals surface area contributed by atoms with Gasteiger partial charge in [0.1, 0.15) is 17.2 Å². The van der Waals surface area contributed by atoms with Crippen molar-refractivity contribution in [3.63, 3.8) is 0 Å². The predicted octanol–water partition coefficient (Wildman–Crippen LogP) is 6.09. The number of benzene rings is 4. The van der Waals surface area contributed by atoms with Crippen LogP contribution in [0.25, 0.3) is 0 Å². The molecule has 1 saturated heterocycles. The summed E-state index contributed by atoms with van der Waals surface area (Å²) in [6.07, 6.45) is -0.00428. The van der Waals surface area contributed by atoms with E-state index in [1.807, 2.05) is 50.2 Å². The van der Waals surface area contributed by atoms with Gasteiger partial charge in [-0.3, -0.25) is 14.4 Å². The van der Waals surface area contributed by atoms with Crippen molar-refractivity contribution >= 4 is 29.3 Å². The Labute approximate surface area is 243 Å². The molecule has 0 spiro atoms. The zero-order valence-electron chi connectivity index (χ0n) is 23.2. The topological polar surface area (TPSA) is 99.2 Å². The van der Waals surface area contributed by atoms with Gasteiger partial charge < -0.3 is 19.1 Å². The molecule has 0 radical (unpaired) electrons. The molecule has 1 amide bonds. The second-order valence-corrected chi connectivity index (χ2v) is 10.1. The van der Waals surface area contributed by atoms with Gasteiger partial charge in [0.05, 0.1) is 11.5 Å². The third kappa shape index (κ3) is 6.90. The van der Waals surface area contributed by atoms with Crippen molar-refractivity contribution in [2.75, 3.05) is 18.1 Å². The number of rotatable bonds is 9. The molecule has 0 bridgehead atoms. The average Bonchev–Trinajstić information content (AvgIpc) is 3.39. The minimum atomic E-state index is -0.683. The quantitative estimate of drug-likeness (QED) is 0.138. The SMILES string of the molecule is Cc1ccc(Oc2ccc(N3C[C@@H](C(=O)OCC(=O)c4ccc(OC(=O)c5ccc(C)cc5)cc4)CC3=O)cc2)cc1. The first-order valence-electron chi connectivity index (χ1n) is 13.5. The Balaban J connectivity index is 1.10. The van der Waals surface area contributed by atoms with E-state index in [0.29, 0.717) is 28.3 Å². The van der Waals surface area contributed by atoms with Crippen molar-refractivity contribution in [1.29, 1.82) is 0 Å². The second kappa shape index (κ2) is 12.5. The minimum Gasteiger partial charge on any atom is -0.457 e. The summed E-state index contributed by atoms with van der Waals surface area (Å²) >= 11 is 0. The van der Waals surface area contributed by atoms with Crippen LogP contribution in [0.1, 0.15) is 38.3 Å². The van der Waals surface area contributed by atoms with Crippen molar-refractivity contribution in [1.82, 2.24) is 0 Å². The van der Waals surface area contributed by atoms with Crippen LogP contribution in [0.4, 0.5) is 5.69 Å². The number of hydrogen-bond acceptors (Lipinski definition) is 7. The van der Waals surface area contributed by atoms with Crippen molar-refractivity contribution in [2.24, 2.45) is 5.92 Å². The predicted molar refractivity (Wildman–Crippen MR) is 156 cm³/mol. The van der Waals surface area contributed by atoms with Gasteiger partial charge in [-0.15, -0.1) is 0 Å². The summed E-state index contributed by atoms with van der Waals surface area (Å²) in [5.74, 6) is -0.791. The smallest absolute Gasteiger partial charge is 0.343 e. The Bertz CT molecular complexity index is 1590. The number of ketones is 1. The number of esters is 2. The Morgan fingerprint density at radius 3 is 1.86 bits per heavy atom. The summed E-state index contributed by atoms with van der Waals surface area (Å²) in [6.45, 7) is 3.62. The molecule has 4 aromatic carbocycles. The van der Waals surface area contributed by atoms with E-state index in [0.717, 1.165) is 11.1 Å². The molecule has 1 atom stereocenters. The van der Waals surface area contributed by atoms with Gasteiger partial charge in [0.15, 0.2) is 12.4 Å². The number of carbonyl (C=O) groups excluding carboxylic acids is 4.